The van der Waals surface area contributed by atoms with Crippen LogP contribution in [-0.4, -0.2) is 13.2 Å². The number of anilines is 2. The van der Waals surface area contributed by atoms with Crippen LogP contribution >= 0.6 is 0 Å². The number of hydrogen-bond acceptors (Lipinski definition) is 3. The van der Waals surface area contributed by atoms with Crippen LogP contribution < -0.4 is 15.8 Å². The van der Waals surface area contributed by atoms with E-state index in [0.717, 1.165) is 35.5 Å². The van der Waals surface area contributed by atoms with Gasteiger partial charge in [0.05, 0.1) is 6.61 Å². The summed E-state index contributed by atoms with van der Waals surface area (Å²) in [5, 5.41) is 3.50. The highest BCUT2D eigenvalue weighted by atomic mass is 16.5. The zero-order valence-electron chi connectivity index (χ0n) is 11.4. The fourth-order valence-electron chi connectivity index (χ4n) is 2.75. The fraction of sp³-hybridized carbons (Fsp3) is 0.600. The largest absolute Gasteiger partial charge is 0.494 e. The standard InChI is InChI=1S/C15H24N2O/c1-3-18-15-8-13(16)7-14(9-15)17-10-12-6-4-5-11(12)2/h7-9,11-12,17H,3-6,10,16H2,1-2H3. The second kappa shape index (κ2) is 5.98. The van der Waals surface area contributed by atoms with Crippen molar-refractivity contribution in [1.82, 2.24) is 0 Å². The first-order valence-electron chi connectivity index (χ1n) is 6.96. The number of ether oxygens (including phenoxy) is 1. The predicted molar refractivity (Wildman–Crippen MR) is 77.0 cm³/mol. The van der Waals surface area contributed by atoms with E-state index in [4.69, 9.17) is 10.5 Å². The van der Waals surface area contributed by atoms with Crippen LogP contribution in [0.2, 0.25) is 0 Å². The summed E-state index contributed by atoms with van der Waals surface area (Å²) in [6, 6.07) is 5.87. The van der Waals surface area contributed by atoms with Gasteiger partial charge in [0.15, 0.2) is 0 Å². The van der Waals surface area contributed by atoms with Crippen LogP contribution in [0, 0.1) is 11.8 Å². The maximum Gasteiger partial charge on any atom is 0.123 e. The van der Waals surface area contributed by atoms with E-state index in [0.29, 0.717) is 6.61 Å². The van der Waals surface area contributed by atoms with Gasteiger partial charge in [0.1, 0.15) is 5.75 Å². The summed E-state index contributed by atoms with van der Waals surface area (Å²) in [4.78, 5) is 0. The molecule has 2 rings (SSSR count). The highest BCUT2D eigenvalue weighted by Crippen LogP contribution is 2.31. The predicted octanol–water partition coefficient (Wildman–Crippen LogP) is 3.52. The van der Waals surface area contributed by atoms with Crippen molar-refractivity contribution in [2.75, 3.05) is 24.2 Å². The number of rotatable bonds is 5. The summed E-state index contributed by atoms with van der Waals surface area (Å²) < 4.78 is 5.50. The van der Waals surface area contributed by atoms with Crippen LogP contribution in [0.5, 0.6) is 5.75 Å². The van der Waals surface area contributed by atoms with E-state index in [-0.39, 0.29) is 0 Å². The Hall–Kier alpha value is -1.38. The van der Waals surface area contributed by atoms with Gasteiger partial charge in [-0.25, -0.2) is 0 Å². The van der Waals surface area contributed by atoms with Crippen molar-refractivity contribution < 1.29 is 4.74 Å². The fourth-order valence-corrected chi connectivity index (χ4v) is 2.75. The molecule has 3 nitrogen and oxygen atoms in total. The van der Waals surface area contributed by atoms with Gasteiger partial charge in [0.2, 0.25) is 0 Å². The highest BCUT2D eigenvalue weighted by molar-refractivity contribution is 5.59. The summed E-state index contributed by atoms with van der Waals surface area (Å²) in [6.07, 6.45) is 4.08. The first-order valence-corrected chi connectivity index (χ1v) is 6.96. The van der Waals surface area contributed by atoms with Gasteiger partial charge in [-0.15, -0.1) is 0 Å². The lowest BCUT2D eigenvalue weighted by molar-refractivity contribution is 0.340. The highest BCUT2D eigenvalue weighted by Gasteiger charge is 2.22. The molecule has 1 aromatic rings. The molecule has 3 N–H and O–H groups in total. The maximum atomic E-state index is 5.88. The van der Waals surface area contributed by atoms with E-state index in [9.17, 15) is 0 Å². The molecule has 2 atom stereocenters. The molecule has 0 heterocycles. The maximum absolute atomic E-state index is 5.88. The number of nitrogen functional groups attached to an aromatic ring is 1. The zero-order chi connectivity index (χ0) is 13.0. The van der Waals surface area contributed by atoms with Gasteiger partial charge < -0.3 is 15.8 Å². The van der Waals surface area contributed by atoms with Crippen LogP contribution in [-0.2, 0) is 0 Å². The third-order valence-electron chi connectivity index (χ3n) is 3.85. The molecule has 0 saturated heterocycles. The van der Waals surface area contributed by atoms with Crippen LogP contribution in [0.3, 0.4) is 0 Å². The molecule has 1 aromatic carbocycles. The van der Waals surface area contributed by atoms with E-state index >= 15 is 0 Å². The molecule has 0 bridgehead atoms. The van der Waals surface area contributed by atoms with Gasteiger partial charge >= 0.3 is 0 Å². The molecule has 0 radical (unpaired) electrons. The molecule has 2 unspecified atom stereocenters. The second-order valence-electron chi connectivity index (χ2n) is 5.27. The molecule has 3 heteroatoms. The Labute approximate surface area is 110 Å². The minimum absolute atomic E-state index is 0.669. The zero-order valence-corrected chi connectivity index (χ0v) is 11.4. The Kier molecular flexibility index (Phi) is 4.34. The summed E-state index contributed by atoms with van der Waals surface area (Å²) in [6.45, 7) is 6.04. The van der Waals surface area contributed by atoms with Crippen molar-refractivity contribution in [3.63, 3.8) is 0 Å². The summed E-state index contributed by atoms with van der Waals surface area (Å²) in [5.41, 5.74) is 7.70. The van der Waals surface area contributed by atoms with Crippen molar-refractivity contribution in [1.29, 1.82) is 0 Å². The SMILES string of the molecule is CCOc1cc(N)cc(NCC2CCCC2C)c1. The minimum atomic E-state index is 0.669. The van der Waals surface area contributed by atoms with Gasteiger partial charge in [-0.2, -0.15) is 0 Å². The van der Waals surface area contributed by atoms with Crippen LogP contribution in [0.1, 0.15) is 33.1 Å². The molecule has 1 fully saturated rings. The lowest BCUT2D eigenvalue weighted by atomic mass is 9.98. The average Bonchev–Trinajstić information content (AvgIpc) is 2.72. The quantitative estimate of drug-likeness (QED) is 0.784. The minimum Gasteiger partial charge on any atom is -0.494 e. The first kappa shape index (κ1) is 13.1. The molecule has 1 aliphatic rings. The van der Waals surface area contributed by atoms with Gasteiger partial charge in [0.25, 0.3) is 0 Å². The molecule has 18 heavy (non-hydrogen) atoms. The lowest BCUT2D eigenvalue weighted by Crippen LogP contribution is -2.16. The number of hydrogen-bond donors (Lipinski definition) is 2. The Morgan fingerprint density at radius 1 is 1.33 bits per heavy atom. The average molecular weight is 248 g/mol. The summed E-state index contributed by atoms with van der Waals surface area (Å²) >= 11 is 0. The normalized spacial score (nSPS) is 23.0. The number of nitrogens with one attached hydrogen (secondary N) is 1. The second-order valence-corrected chi connectivity index (χ2v) is 5.27. The third-order valence-corrected chi connectivity index (χ3v) is 3.85. The van der Waals surface area contributed by atoms with Crippen molar-refractivity contribution in [2.24, 2.45) is 11.8 Å². The molecule has 0 spiro atoms. The first-order chi connectivity index (χ1) is 8.69. The van der Waals surface area contributed by atoms with E-state index in [2.05, 4.69) is 12.2 Å². The van der Waals surface area contributed by atoms with E-state index in [1.165, 1.54) is 19.3 Å². The van der Waals surface area contributed by atoms with E-state index in [1.807, 2.05) is 25.1 Å². The van der Waals surface area contributed by atoms with Crippen molar-refractivity contribution >= 4 is 11.4 Å². The third kappa shape index (κ3) is 3.31. The molecular formula is C15H24N2O. The Bertz CT molecular complexity index is 392. The molecule has 1 aliphatic carbocycles. The Balaban J connectivity index is 1.95. The Morgan fingerprint density at radius 2 is 2.17 bits per heavy atom. The molecule has 0 amide bonds. The van der Waals surface area contributed by atoms with Gasteiger partial charge in [-0.3, -0.25) is 0 Å². The van der Waals surface area contributed by atoms with E-state index < -0.39 is 0 Å². The van der Waals surface area contributed by atoms with Gasteiger partial charge in [0, 0.05) is 30.1 Å². The summed E-state index contributed by atoms with van der Waals surface area (Å²) in [7, 11) is 0. The van der Waals surface area contributed by atoms with Crippen molar-refractivity contribution in [3.8, 4) is 5.75 Å². The lowest BCUT2D eigenvalue weighted by Gasteiger charge is -2.17. The molecule has 0 aromatic heterocycles. The number of nitrogens with two attached hydrogens (primary N) is 1. The molecule has 0 aliphatic heterocycles. The van der Waals surface area contributed by atoms with Crippen molar-refractivity contribution in [2.45, 2.75) is 33.1 Å². The van der Waals surface area contributed by atoms with Crippen LogP contribution in [0.15, 0.2) is 18.2 Å². The number of benzene rings is 1. The van der Waals surface area contributed by atoms with E-state index in [1.54, 1.807) is 0 Å². The van der Waals surface area contributed by atoms with Crippen molar-refractivity contribution in [3.05, 3.63) is 18.2 Å². The van der Waals surface area contributed by atoms with Crippen LogP contribution in [0.4, 0.5) is 11.4 Å². The molecule has 100 valence electrons. The monoisotopic (exact) mass is 248 g/mol. The topological polar surface area (TPSA) is 47.3 Å². The summed E-state index contributed by atoms with van der Waals surface area (Å²) in [5.74, 6) is 2.48. The van der Waals surface area contributed by atoms with Gasteiger partial charge in [-0.05, 0) is 31.2 Å². The Morgan fingerprint density at radius 3 is 2.83 bits per heavy atom. The molecular weight excluding hydrogens is 224 g/mol. The van der Waals surface area contributed by atoms with Gasteiger partial charge in [-0.1, -0.05) is 19.8 Å². The van der Waals surface area contributed by atoms with Crippen LogP contribution in [0.25, 0.3) is 0 Å². The smallest absolute Gasteiger partial charge is 0.123 e. The molecule has 1 saturated carbocycles.